The zero-order chi connectivity index (χ0) is 11.4. The van der Waals surface area contributed by atoms with Crippen LogP contribution in [-0.4, -0.2) is 6.10 Å². The smallest absolute Gasteiger partial charge is 0.145 e. The van der Waals surface area contributed by atoms with Crippen molar-refractivity contribution < 1.29 is 9.13 Å². The van der Waals surface area contributed by atoms with Gasteiger partial charge < -0.3 is 10.5 Å². The first-order valence-electron chi connectivity index (χ1n) is 5.97. The minimum Gasteiger partial charge on any atom is -0.488 e. The van der Waals surface area contributed by atoms with E-state index in [2.05, 4.69) is 0 Å². The molecule has 16 heavy (non-hydrogen) atoms. The van der Waals surface area contributed by atoms with Crippen LogP contribution >= 0.6 is 0 Å². The fraction of sp³-hybridized carbons (Fsp3) is 0.538. The molecule has 2 rings (SSSR count). The van der Waals surface area contributed by atoms with Crippen LogP contribution in [0.3, 0.4) is 0 Å². The van der Waals surface area contributed by atoms with E-state index in [1.54, 1.807) is 6.07 Å². The van der Waals surface area contributed by atoms with E-state index in [0.29, 0.717) is 11.4 Å². The molecular weight excluding hydrogens is 205 g/mol. The highest BCUT2D eigenvalue weighted by molar-refractivity contribution is 5.52. The number of rotatable bonds is 2. The van der Waals surface area contributed by atoms with Crippen LogP contribution in [0.4, 0.5) is 10.1 Å². The maximum atomic E-state index is 13.0. The molecule has 0 bridgehead atoms. The van der Waals surface area contributed by atoms with Gasteiger partial charge in [-0.15, -0.1) is 0 Å². The summed E-state index contributed by atoms with van der Waals surface area (Å²) in [6.45, 7) is 0. The van der Waals surface area contributed by atoms with Gasteiger partial charge in [-0.25, -0.2) is 4.39 Å². The molecule has 0 heterocycles. The first kappa shape index (κ1) is 11.2. The Hall–Kier alpha value is -1.25. The lowest BCUT2D eigenvalue weighted by Crippen LogP contribution is -2.16. The number of nitrogens with two attached hydrogens (primary N) is 1. The summed E-state index contributed by atoms with van der Waals surface area (Å²) in [5.74, 6) is 0.199. The third-order valence-corrected chi connectivity index (χ3v) is 3.07. The molecule has 1 aliphatic carbocycles. The Morgan fingerprint density at radius 1 is 1.12 bits per heavy atom. The van der Waals surface area contributed by atoms with Gasteiger partial charge in [-0.2, -0.15) is 0 Å². The van der Waals surface area contributed by atoms with Crippen molar-refractivity contribution in [2.24, 2.45) is 0 Å². The molecule has 2 nitrogen and oxygen atoms in total. The average molecular weight is 223 g/mol. The van der Waals surface area contributed by atoms with Crippen LogP contribution in [0.5, 0.6) is 5.75 Å². The number of hydrogen-bond donors (Lipinski definition) is 1. The Labute approximate surface area is 95.6 Å². The molecular formula is C13H18FNO. The normalized spacial score (nSPS) is 18.1. The molecule has 3 heteroatoms. The number of nitrogen functional groups attached to an aromatic ring is 1. The lowest BCUT2D eigenvalue weighted by molar-refractivity contribution is 0.184. The Balaban J connectivity index is 2.04. The molecule has 1 aromatic rings. The van der Waals surface area contributed by atoms with Crippen LogP contribution < -0.4 is 10.5 Å². The zero-order valence-corrected chi connectivity index (χ0v) is 9.42. The fourth-order valence-corrected chi connectivity index (χ4v) is 2.15. The van der Waals surface area contributed by atoms with E-state index in [1.807, 2.05) is 0 Å². The predicted octanol–water partition coefficient (Wildman–Crippen LogP) is 3.51. The monoisotopic (exact) mass is 223 g/mol. The Bertz CT molecular complexity index is 346. The predicted molar refractivity (Wildman–Crippen MR) is 62.9 cm³/mol. The number of ether oxygens (including phenoxy) is 1. The van der Waals surface area contributed by atoms with Gasteiger partial charge in [0.25, 0.3) is 0 Å². The van der Waals surface area contributed by atoms with Crippen LogP contribution in [-0.2, 0) is 0 Å². The topological polar surface area (TPSA) is 35.2 Å². The Morgan fingerprint density at radius 3 is 2.50 bits per heavy atom. The first-order valence-corrected chi connectivity index (χ1v) is 5.97. The summed E-state index contributed by atoms with van der Waals surface area (Å²) in [4.78, 5) is 0. The molecule has 0 amide bonds. The third kappa shape index (κ3) is 2.87. The average Bonchev–Trinajstić information content (AvgIpc) is 2.52. The molecule has 1 aromatic carbocycles. The van der Waals surface area contributed by atoms with Gasteiger partial charge >= 0.3 is 0 Å². The third-order valence-electron chi connectivity index (χ3n) is 3.07. The van der Waals surface area contributed by atoms with Gasteiger partial charge in [-0.05, 0) is 37.8 Å². The van der Waals surface area contributed by atoms with Gasteiger partial charge in [0.05, 0.1) is 11.8 Å². The molecule has 0 spiro atoms. The molecule has 1 saturated carbocycles. The minimum atomic E-state index is -0.294. The zero-order valence-electron chi connectivity index (χ0n) is 9.42. The molecule has 0 saturated heterocycles. The summed E-state index contributed by atoms with van der Waals surface area (Å²) in [7, 11) is 0. The van der Waals surface area contributed by atoms with Crippen LogP contribution in [0.2, 0.25) is 0 Å². The van der Waals surface area contributed by atoms with Crippen molar-refractivity contribution in [2.45, 2.75) is 44.6 Å². The highest BCUT2D eigenvalue weighted by atomic mass is 19.1. The number of halogens is 1. The van der Waals surface area contributed by atoms with Crippen LogP contribution in [0.1, 0.15) is 38.5 Å². The van der Waals surface area contributed by atoms with E-state index in [0.717, 1.165) is 12.8 Å². The highest BCUT2D eigenvalue weighted by Gasteiger charge is 2.15. The van der Waals surface area contributed by atoms with E-state index < -0.39 is 0 Å². The van der Waals surface area contributed by atoms with Crippen molar-refractivity contribution in [1.82, 2.24) is 0 Å². The number of hydrogen-bond acceptors (Lipinski definition) is 2. The van der Waals surface area contributed by atoms with Crippen LogP contribution in [0, 0.1) is 5.82 Å². The summed E-state index contributed by atoms with van der Waals surface area (Å²) in [6, 6.07) is 4.29. The van der Waals surface area contributed by atoms with Gasteiger partial charge in [0.2, 0.25) is 0 Å². The summed E-state index contributed by atoms with van der Waals surface area (Å²) in [5, 5.41) is 0. The molecule has 0 radical (unpaired) electrons. The van der Waals surface area contributed by atoms with Crippen molar-refractivity contribution >= 4 is 5.69 Å². The van der Waals surface area contributed by atoms with E-state index in [-0.39, 0.29) is 11.9 Å². The summed E-state index contributed by atoms with van der Waals surface area (Å²) < 4.78 is 18.8. The van der Waals surface area contributed by atoms with Crippen molar-refractivity contribution in [3.05, 3.63) is 24.0 Å². The van der Waals surface area contributed by atoms with Crippen molar-refractivity contribution in [2.75, 3.05) is 5.73 Å². The second-order valence-electron chi connectivity index (χ2n) is 4.41. The Kier molecular flexibility index (Phi) is 3.65. The quantitative estimate of drug-likeness (QED) is 0.615. The molecule has 2 N–H and O–H groups in total. The molecule has 0 aromatic heterocycles. The van der Waals surface area contributed by atoms with E-state index in [1.165, 1.54) is 37.8 Å². The first-order chi connectivity index (χ1) is 7.75. The Morgan fingerprint density at radius 2 is 1.81 bits per heavy atom. The van der Waals surface area contributed by atoms with E-state index >= 15 is 0 Å². The molecule has 0 aliphatic heterocycles. The summed E-state index contributed by atoms with van der Waals surface area (Å²) >= 11 is 0. The number of benzene rings is 1. The van der Waals surface area contributed by atoms with E-state index in [4.69, 9.17) is 10.5 Å². The van der Waals surface area contributed by atoms with Gasteiger partial charge in [-0.1, -0.05) is 12.8 Å². The second kappa shape index (κ2) is 5.19. The fourth-order valence-electron chi connectivity index (χ4n) is 2.15. The van der Waals surface area contributed by atoms with Gasteiger partial charge in [-0.3, -0.25) is 0 Å². The maximum Gasteiger partial charge on any atom is 0.145 e. The van der Waals surface area contributed by atoms with E-state index in [9.17, 15) is 4.39 Å². The SMILES string of the molecule is Nc1ccc(F)cc1OC1CCCCCC1. The lowest BCUT2D eigenvalue weighted by atomic mass is 10.1. The van der Waals surface area contributed by atoms with Gasteiger partial charge in [0.15, 0.2) is 0 Å². The van der Waals surface area contributed by atoms with Gasteiger partial charge in [0, 0.05) is 6.07 Å². The van der Waals surface area contributed by atoms with Crippen molar-refractivity contribution in [3.8, 4) is 5.75 Å². The molecule has 0 atom stereocenters. The molecule has 0 unspecified atom stereocenters. The highest BCUT2D eigenvalue weighted by Crippen LogP contribution is 2.27. The lowest BCUT2D eigenvalue weighted by Gasteiger charge is -2.18. The van der Waals surface area contributed by atoms with Crippen LogP contribution in [0.25, 0.3) is 0 Å². The second-order valence-corrected chi connectivity index (χ2v) is 4.41. The minimum absolute atomic E-state index is 0.201. The summed E-state index contributed by atoms with van der Waals surface area (Å²) in [6.07, 6.45) is 7.24. The standard InChI is InChI=1S/C13H18FNO/c14-10-7-8-12(15)13(9-10)16-11-5-3-1-2-4-6-11/h7-9,11H,1-6,15H2. The van der Waals surface area contributed by atoms with Crippen molar-refractivity contribution in [3.63, 3.8) is 0 Å². The number of anilines is 1. The van der Waals surface area contributed by atoms with Crippen molar-refractivity contribution in [1.29, 1.82) is 0 Å². The molecule has 1 aliphatic rings. The van der Waals surface area contributed by atoms with Crippen LogP contribution in [0.15, 0.2) is 18.2 Å². The maximum absolute atomic E-state index is 13.0. The van der Waals surface area contributed by atoms with Gasteiger partial charge in [0.1, 0.15) is 11.6 Å². The largest absolute Gasteiger partial charge is 0.488 e. The summed E-state index contributed by atoms with van der Waals surface area (Å²) in [5.41, 5.74) is 6.27. The molecule has 1 fully saturated rings. The molecule has 88 valence electrons.